The van der Waals surface area contributed by atoms with Crippen molar-refractivity contribution in [3.8, 4) is 0 Å². The number of rotatable bonds is 0. The molecule has 0 aliphatic carbocycles. The highest BCUT2D eigenvalue weighted by Gasteiger charge is 2.25. The minimum atomic E-state index is -0.259. The smallest absolute Gasteiger partial charge is 0.264 e. The van der Waals surface area contributed by atoms with Crippen molar-refractivity contribution < 1.29 is 10.0 Å². The highest BCUT2D eigenvalue weighted by Crippen LogP contribution is 1.96. The van der Waals surface area contributed by atoms with E-state index in [1.165, 1.54) is 0 Å². The lowest BCUT2D eigenvalue weighted by molar-refractivity contribution is -0.157. The normalized spacial score (nSPS) is 29.5. The largest absolute Gasteiger partial charge is 0.287 e. The van der Waals surface area contributed by atoms with Gasteiger partial charge in [0.25, 0.3) is 5.91 Å². The molecule has 1 aliphatic heterocycles. The summed E-state index contributed by atoms with van der Waals surface area (Å²) in [4.78, 5) is 10.5. The summed E-state index contributed by atoms with van der Waals surface area (Å²) in [5.41, 5.74) is 0. The minimum Gasteiger partial charge on any atom is -0.287 e. The van der Waals surface area contributed by atoms with E-state index >= 15 is 0 Å². The number of nitrogens with one attached hydrogen (secondary N) is 1. The maximum atomic E-state index is 10.5. The Bertz CT molecular complexity index is 103. The van der Waals surface area contributed by atoms with E-state index in [1.807, 2.05) is 0 Å². The zero-order chi connectivity index (χ0) is 6.15. The predicted molar refractivity (Wildman–Crippen MR) is 26.1 cm³/mol. The van der Waals surface area contributed by atoms with Crippen LogP contribution in [-0.4, -0.2) is 28.9 Å². The summed E-state index contributed by atoms with van der Waals surface area (Å²) in [6, 6.07) is -0.222. The summed E-state index contributed by atoms with van der Waals surface area (Å²) in [6.45, 7) is 1.96. The SMILES string of the molecule is CC1NCN(O)C1=O. The molecule has 1 aliphatic rings. The van der Waals surface area contributed by atoms with Gasteiger partial charge in [0, 0.05) is 0 Å². The molecule has 0 aromatic rings. The summed E-state index contributed by atoms with van der Waals surface area (Å²) < 4.78 is 0. The van der Waals surface area contributed by atoms with Gasteiger partial charge in [-0.05, 0) is 6.92 Å². The first-order valence-electron chi connectivity index (χ1n) is 2.45. The monoisotopic (exact) mass is 116 g/mol. The van der Waals surface area contributed by atoms with E-state index < -0.39 is 0 Å². The van der Waals surface area contributed by atoms with Crippen molar-refractivity contribution >= 4 is 5.91 Å². The molecule has 2 N–H and O–H groups in total. The molecule has 1 fully saturated rings. The van der Waals surface area contributed by atoms with Crippen molar-refractivity contribution in [2.45, 2.75) is 13.0 Å². The summed E-state index contributed by atoms with van der Waals surface area (Å²) >= 11 is 0. The molecular weight excluding hydrogens is 108 g/mol. The van der Waals surface area contributed by atoms with Crippen LogP contribution in [0.4, 0.5) is 0 Å². The molecular formula is C4H8N2O2. The molecule has 1 heterocycles. The van der Waals surface area contributed by atoms with Crippen molar-refractivity contribution in [1.82, 2.24) is 10.4 Å². The molecule has 0 bridgehead atoms. The fraction of sp³-hybridized carbons (Fsp3) is 0.750. The Morgan fingerprint density at radius 2 is 2.62 bits per heavy atom. The Morgan fingerprint density at radius 3 is 2.75 bits per heavy atom. The summed E-state index contributed by atoms with van der Waals surface area (Å²) in [7, 11) is 0. The average Bonchev–Trinajstić information content (AvgIpc) is 1.98. The third-order valence-corrected chi connectivity index (χ3v) is 1.17. The zero-order valence-corrected chi connectivity index (χ0v) is 4.59. The first-order valence-corrected chi connectivity index (χ1v) is 2.45. The lowest BCUT2D eigenvalue weighted by Gasteiger charge is -2.00. The van der Waals surface area contributed by atoms with Crippen LogP contribution in [-0.2, 0) is 4.79 Å². The van der Waals surface area contributed by atoms with Gasteiger partial charge in [-0.25, -0.2) is 5.06 Å². The van der Waals surface area contributed by atoms with E-state index in [1.54, 1.807) is 6.92 Å². The van der Waals surface area contributed by atoms with E-state index in [2.05, 4.69) is 5.32 Å². The van der Waals surface area contributed by atoms with Crippen molar-refractivity contribution in [2.24, 2.45) is 0 Å². The Hall–Kier alpha value is -0.610. The Kier molecular flexibility index (Phi) is 1.19. The van der Waals surface area contributed by atoms with Gasteiger partial charge in [0.2, 0.25) is 0 Å². The van der Waals surface area contributed by atoms with E-state index in [9.17, 15) is 4.79 Å². The van der Waals surface area contributed by atoms with Crippen LogP contribution in [0, 0.1) is 0 Å². The predicted octanol–water partition coefficient (Wildman–Crippen LogP) is -0.847. The molecule has 46 valence electrons. The molecule has 4 nitrogen and oxygen atoms in total. The van der Waals surface area contributed by atoms with Crippen molar-refractivity contribution in [3.63, 3.8) is 0 Å². The molecule has 1 saturated heterocycles. The van der Waals surface area contributed by atoms with Crippen LogP contribution < -0.4 is 5.32 Å². The second-order valence-corrected chi connectivity index (χ2v) is 1.82. The van der Waals surface area contributed by atoms with Gasteiger partial charge >= 0.3 is 0 Å². The quantitative estimate of drug-likeness (QED) is 0.405. The van der Waals surface area contributed by atoms with Gasteiger partial charge in [0.05, 0.1) is 12.7 Å². The van der Waals surface area contributed by atoms with Crippen molar-refractivity contribution in [2.75, 3.05) is 6.67 Å². The van der Waals surface area contributed by atoms with Crippen LogP contribution in [0.15, 0.2) is 0 Å². The molecule has 0 spiro atoms. The van der Waals surface area contributed by atoms with E-state index in [4.69, 9.17) is 5.21 Å². The first kappa shape index (κ1) is 5.53. The molecule has 0 radical (unpaired) electrons. The molecule has 1 unspecified atom stereocenters. The van der Waals surface area contributed by atoms with Crippen LogP contribution in [0.3, 0.4) is 0 Å². The van der Waals surface area contributed by atoms with Crippen LogP contribution >= 0.6 is 0 Å². The molecule has 0 aromatic heterocycles. The van der Waals surface area contributed by atoms with Crippen LogP contribution in [0.2, 0.25) is 0 Å². The van der Waals surface area contributed by atoms with E-state index in [0.717, 1.165) is 0 Å². The summed E-state index contributed by atoms with van der Waals surface area (Å²) in [5.74, 6) is -0.259. The Balaban J connectivity index is 2.57. The fourth-order valence-corrected chi connectivity index (χ4v) is 0.612. The van der Waals surface area contributed by atoms with Gasteiger partial charge in [-0.2, -0.15) is 0 Å². The highest BCUT2D eigenvalue weighted by molar-refractivity contribution is 5.81. The molecule has 1 rings (SSSR count). The number of hydrogen-bond donors (Lipinski definition) is 2. The zero-order valence-electron chi connectivity index (χ0n) is 4.59. The molecule has 8 heavy (non-hydrogen) atoms. The average molecular weight is 116 g/mol. The van der Waals surface area contributed by atoms with Gasteiger partial charge < -0.3 is 0 Å². The number of carbonyl (C=O) groups is 1. The molecule has 1 amide bonds. The second kappa shape index (κ2) is 1.72. The first-order chi connectivity index (χ1) is 3.72. The third kappa shape index (κ3) is 0.677. The highest BCUT2D eigenvalue weighted by atomic mass is 16.5. The third-order valence-electron chi connectivity index (χ3n) is 1.17. The second-order valence-electron chi connectivity index (χ2n) is 1.82. The van der Waals surface area contributed by atoms with Gasteiger partial charge in [-0.15, -0.1) is 0 Å². The lowest BCUT2D eigenvalue weighted by Crippen LogP contribution is -2.25. The summed E-state index contributed by atoms with van der Waals surface area (Å²) in [5, 5.41) is 12.0. The number of hydrogen-bond acceptors (Lipinski definition) is 3. The Labute approximate surface area is 47.0 Å². The van der Waals surface area contributed by atoms with Gasteiger partial charge in [0.1, 0.15) is 0 Å². The standard InChI is InChI=1S/C4H8N2O2/c1-3-4(7)6(8)2-5-3/h3,5,8H,2H2,1H3. The molecule has 0 aromatic carbocycles. The topological polar surface area (TPSA) is 52.6 Å². The number of carbonyl (C=O) groups excluding carboxylic acids is 1. The number of amides is 1. The van der Waals surface area contributed by atoms with Gasteiger partial charge in [0.15, 0.2) is 0 Å². The van der Waals surface area contributed by atoms with E-state index in [0.29, 0.717) is 5.06 Å². The number of hydroxylamine groups is 2. The van der Waals surface area contributed by atoms with Gasteiger partial charge in [-0.1, -0.05) is 0 Å². The van der Waals surface area contributed by atoms with Crippen LogP contribution in [0.25, 0.3) is 0 Å². The van der Waals surface area contributed by atoms with Crippen molar-refractivity contribution in [1.29, 1.82) is 0 Å². The van der Waals surface area contributed by atoms with Crippen molar-refractivity contribution in [3.05, 3.63) is 0 Å². The minimum absolute atomic E-state index is 0.222. The fourth-order valence-electron chi connectivity index (χ4n) is 0.612. The Morgan fingerprint density at radius 1 is 2.00 bits per heavy atom. The van der Waals surface area contributed by atoms with E-state index in [-0.39, 0.29) is 18.6 Å². The maximum absolute atomic E-state index is 10.5. The molecule has 4 heteroatoms. The summed E-state index contributed by atoms with van der Waals surface area (Å²) in [6.07, 6.45) is 0. The maximum Gasteiger partial charge on any atom is 0.264 e. The van der Waals surface area contributed by atoms with Crippen LogP contribution in [0.1, 0.15) is 6.92 Å². The van der Waals surface area contributed by atoms with Gasteiger partial charge in [-0.3, -0.25) is 15.3 Å². The lowest BCUT2D eigenvalue weighted by atomic mass is 10.4. The number of nitrogens with zero attached hydrogens (tertiary/aromatic N) is 1. The van der Waals surface area contributed by atoms with Crippen LogP contribution in [0.5, 0.6) is 0 Å². The molecule has 0 saturated carbocycles. The molecule has 1 atom stereocenters.